The number of fused-ring (bicyclic) bond motifs is 5. The first-order chi connectivity index (χ1) is 16.5. The van der Waals surface area contributed by atoms with Gasteiger partial charge in [-0.3, -0.25) is 0 Å². The molecule has 0 aliphatic heterocycles. The number of hydrogen-bond donors (Lipinski definition) is 1. The summed E-state index contributed by atoms with van der Waals surface area (Å²) in [5.41, 5.74) is 9.01. The van der Waals surface area contributed by atoms with E-state index in [2.05, 4.69) is 48.1 Å². The fourth-order valence-electron chi connectivity index (χ4n) is 10.4. The lowest BCUT2D eigenvalue weighted by Crippen LogP contribution is -2.71. The van der Waals surface area contributed by atoms with Gasteiger partial charge in [0.2, 0.25) is 0 Å². The maximum atomic E-state index is 7.44. The largest absolute Gasteiger partial charge is 0.378 e. The second-order valence-corrected chi connectivity index (χ2v) is 14.9. The van der Waals surface area contributed by atoms with Gasteiger partial charge in [0.05, 0.1) is 6.10 Å². The predicted octanol–water partition coefficient (Wildman–Crippen LogP) is 9.07. The summed E-state index contributed by atoms with van der Waals surface area (Å²) in [6.45, 7) is 20.2. The van der Waals surface area contributed by atoms with Gasteiger partial charge in [-0.25, -0.2) is 0 Å². The van der Waals surface area contributed by atoms with E-state index >= 15 is 0 Å². The molecule has 4 aliphatic rings. The third-order valence-electron chi connectivity index (χ3n) is 13.2. The van der Waals surface area contributed by atoms with Gasteiger partial charge >= 0.3 is 0 Å². The lowest BCUT2D eigenvalue weighted by molar-refractivity contribution is -0.223. The molecule has 0 bridgehead atoms. The van der Waals surface area contributed by atoms with Gasteiger partial charge in [0.1, 0.15) is 0 Å². The Balaban J connectivity index is 1.49. The van der Waals surface area contributed by atoms with Crippen LogP contribution >= 0.6 is 0 Å². The molecule has 4 aliphatic carbocycles. The van der Waals surface area contributed by atoms with Crippen molar-refractivity contribution >= 4 is 0 Å². The Labute approximate surface area is 218 Å². The first kappa shape index (κ1) is 27.7. The fourth-order valence-corrected chi connectivity index (χ4v) is 10.4. The van der Waals surface area contributed by atoms with Gasteiger partial charge in [0.15, 0.2) is 0 Å². The molecule has 0 saturated heterocycles. The second-order valence-electron chi connectivity index (χ2n) is 14.9. The number of hydrogen-bond acceptors (Lipinski definition) is 2. The average molecular weight is 486 g/mol. The van der Waals surface area contributed by atoms with E-state index in [1.165, 1.54) is 77.0 Å². The van der Waals surface area contributed by atoms with Crippen LogP contribution in [0.15, 0.2) is 12.7 Å². The Bertz CT molecular complexity index is 747. The smallest absolute Gasteiger partial charge is 0.0593 e. The molecule has 4 unspecified atom stereocenters. The Morgan fingerprint density at radius 1 is 0.886 bits per heavy atom. The first-order valence-electron chi connectivity index (χ1n) is 15.5. The number of nitrogens with two attached hydrogens (primary N) is 1. The number of unbranched alkanes of at least 4 members (excludes halogenated alkanes) is 2. The molecular weight excluding hydrogens is 426 g/mol. The van der Waals surface area contributed by atoms with E-state index in [0.29, 0.717) is 22.3 Å². The Morgan fingerprint density at radius 3 is 2.34 bits per heavy atom. The molecule has 2 nitrogen and oxygen atoms in total. The van der Waals surface area contributed by atoms with Crippen molar-refractivity contribution in [3.05, 3.63) is 12.7 Å². The number of ether oxygens (including phenoxy) is 1. The Hall–Kier alpha value is -0.340. The maximum absolute atomic E-state index is 7.44. The molecule has 8 atom stereocenters. The number of allylic oxidation sites excluding steroid dienone is 1. The standard InChI is InChI=1S/C33H59NO/c1-8-9-12-23-35-27-16-18-31(6)28-17-19-29(4)26(14-11-10-13-25(2)3)15-20-32(29,7)30(28,5)21-22-33(31,34)24-27/h8,25-28H,1,9-24,34H2,2-7H3/t26-,27?,28-,29+,30?,31?,32?,33+/m0/s1. The molecule has 4 rings (SSSR count). The zero-order valence-corrected chi connectivity index (χ0v) is 24.4. The highest BCUT2D eigenvalue weighted by atomic mass is 16.5. The summed E-state index contributed by atoms with van der Waals surface area (Å²) >= 11 is 0. The molecule has 202 valence electrons. The lowest BCUT2D eigenvalue weighted by Gasteiger charge is -2.72. The van der Waals surface area contributed by atoms with Crippen LogP contribution < -0.4 is 5.73 Å². The van der Waals surface area contributed by atoms with Crippen molar-refractivity contribution in [3.63, 3.8) is 0 Å². The van der Waals surface area contributed by atoms with Crippen LogP contribution in [-0.4, -0.2) is 18.2 Å². The summed E-state index contributed by atoms with van der Waals surface area (Å²) in [5.74, 6) is 2.53. The summed E-state index contributed by atoms with van der Waals surface area (Å²) in [6.07, 6.45) is 22.0. The molecule has 35 heavy (non-hydrogen) atoms. The minimum Gasteiger partial charge on any atom is -0.378 e. The minimum absolute atomic E-state index is 0.0581. The highest BCUT2D eigenvalue weighted by molar-refractivity contribution is 5.22. The summed E-state index contributed by atoms with van der Waals surface area (Å²) < 4.78 is 6.36. The predicted molar refractivity (Wildman–Crippen MR) is 150 cm³/mol. The summed E-state index contributed by atoms with van der Waals surface area (Å²) in [7, 11) is 0. The topological polar surface area (TPSA) is 35.2 Å². The third kappa shape index (κ3) is 4.39. The van der Waals surface area contributed by atoms with E-state index in [-0.39, 0.29) is 11.0 Å². The zero-order valence-electron chi connectivity index (χ0n) is 24.4. The van der Waals surface area contributed by atoms with Crippen molar-refractivity contribution in [2.75, 3.05) is 6.61 Å². The van der Waals surface area contributed by atoms with Crippen LogP contribution in [0.25, 0.3) is 0 Å². The van der Waals surface area contributed by atoms with E-state index < -0.39 is 0 Å². The molecule has 2 N–H and O–H groups in total. The van der Waals surface area contributed by atoms with Gasteiger partial charge in [-0.1, -0.05) is 66.9 Å². The van der Waals surface area contributed by atoms with Crippen LogP contribution in [-0.2, 0) is 4.74 Å². The molecular formula is C33H59NO. The Morgan fingerprint density at radius 2 is 1.63 bits per heavy atom. The van der Waals surface area contributed by atoms with Crippen molar-refractivity contribution < 1.29 is 4.74 Å². The van der Waals surface area contributed by atoms with E-state index in [1.807, 2.05) is 6.08 Å². The third-order valence-corrected chi connectivity index (χ3v) is 13.2. The van der Waals surface area contributed by atoms with Gasteiger partial charge in [0, 0.05) is 12.1 Å². The SMILES string of the molecule is C=CCCCOC1CCC2(C)[C@H]3CC[C@]4(C)[C@@H](CCCCC(C)C)CCC4(C)C3(C)CC[C@@]2(N)C1. The maximum Gasteiger partial charge on any atom is 0.0593 e. The lowest BCUT2D eigenvalue weighted by atomic mass is 9.34. The highest BCUT2D eigenvalue weighted by Crippen LogP contribution is 2.78. The van der Waals surface area contributed by atoms with Crippen LogP contribution in [0.5, 0.6) is 0 Å². The van der Waals surface area contributed by atoms with Crippen molar-refractivity contribution in [1.29, 1.82) is 0 Å². The van der Waals surface area contributed by atoms with Gasteiger partial charge < -0.3 is 10.5 Å². The van der Waals surface area contributed by atoms with Crippen molar-refractivity contribution in [2.24, 2.45) is 45.1 Å². The molecule has 0 heterocycles. The van der Waals surface area contributed by atoms with Gasteiger partial charge in [-0.2, -0.15) is 0 Å². The molecule has 0 radical (unpaired) electrons. The fraction of sp³-hybridized carbons (Fsp3) is 0.939. The van der Waals surface area contributed by atoms with Crippen molar-refractivity contribution in [3.8, 4) is 0 Å². The van der Waals surface area contributed by atoms with Crippen LogP contribution in [0.2, 0.25) is 0 Å². The van der Waals surface area contributed by atoms with Crippen LogP contribution in [0.4, 0.5) is 0 Å². The highest BCUT2D eigenvalue weighted by Gasteiger charge is 2.72. The van der Waals surface area contributed by atoms with Crippen molar-refractivity contribution in [2.45, 2.75) is 149 Å². The zero-order chi connectivity index (χ0) is 25.5. The van der Waals surface area contributed by atoms with E-state index in [9.17, 15) is 0 Å². The molecule has 0 amide bonds. The van der Waals surface area contributed by atoms with Gasteiger partial charge in [-0.15, -0.1) is 6.58 Å². The summed E-state index contributed by atoms with van der Waals surface area (Å²) in [6, 6.07) is 0. The van der Waals surface area contributed by atoms with Crippen molar-refractivity contribution in [1.82, 2.24) is 0 Å². The van der Waals surface area contributed by atoms with Gasteiger partial charge in [0.25, 0.3) is 0 Å². The molecule has 4 saturated carbocycles. The molecule has 0 aromatic rings. The van der Waals surface area contributed by atoms with Crippen LogP contribution in [0.1, 0.15) is 138 Å². The normalized spacial score (nSPS) is 47.3. The molecule has 4 fully saturated rings. The van der Waals surface area contributed by atoms with Gasteiger partial charge in [-0.05, 0) is 116 Å². The minimum atomic E-state index is -0.0581. The summed E-state index contributed by atoms with van der Waals surface area (Å²) in [4.78, 5) is 0. The van der Waals surface area contributed by atoms with E-state index in [1.54, 1.807) is 0 Å². The quantitative estimate of drug-likeness (QED) is 0.247. The van der Waals surface area contributed by atoms with Crippen LogP contribution in [0.3, 0.4) is 0 Å². The van der Waals surface area contributed by atoms with E-state index in [4.69, 9.17) is 10.5 Å². The molecule has 0 spiro atoms. The molecule has 0 aromatic heterocycles. The monoisotopic (exact) mass is 485 g/mol. The number of rotatable bonds is 10. The summed E-state index contributed by atoms with van der Waals surface area (Å²) in [5, 5.41) is 0. The van der Waals surface area contributed by atoms with Crippen LogP contribution in [0, 0.1) is 39.4 Å². The second kappa shape index (κ2) is 10.1. The first-order valence-corrected chi connectivity index (χ1v) is 15.5. The Kier molecular flexibility index (Phi) is 7.98. The average Bonchev–Trinajstić information content (AvgIpc) is 3.07. The van der Waals surface area contributed by atoms with E-state index in [0.717, 1.165) is 43.6 Å². The molecule has 0 aromatic carbocycles. The molecule has 2 heteroatoms.